The van der Waals surface area contributed by atoms with Crippen molar-refractivity contribution in [1.82, 2.24) is 0 Å². The third kappa shape index (κ3) is 3.03. The molecule has 0 N–H and O–H groups in total. The molecule has 0 radical (unpaired) electrons. The minimum atomic E-state index is -0.306. The van der Waals surface area contributed by atoms with Crippen LogP contribution in [0.2, 0.25) is 5.02 Å². The lowest BCUT2D eigenvalue weighted by atomic mass is 10.0. The Balaban J connectivity index is 2.71. The molecular weight excluding hydrogens is 190 g/mol. The van der Waals surface area contributed by atoms with Crippen LogP contribution in [0.4, 0.5) is 0 Å². The van der Waals surface area contributed by atoms with Crippen molar-refractivity contribution in [2.24, 2.45) is 0 Å². The van der Waals surface area contributed by atoms with Gasteiger partial charge in [0.1, 0.15) is 0 Å². The van der Waals surface area contributed by atoms with Gasteiger partial charge < -0.3 is 0 Å². The summed E-state index contributed by atoms with van der Waals surface area (Å²) in [5, 5.41) is 10.9. The van der Waals surface area contributed by atoms with Crippen molar-refractivity contribution < 1.29 is 4.92 Å². The van der Waals surface area contributed by atoms with Crippen LogP contribution in [0, 0.1) is 10.1 Å². The van der Waals surface area contributed by atoms with Crippen LogP contribution in [0.3, 0.4) is 0 Å². The molecular formula is C9H10ClNO2. The molecule has 4 heteroatoms. The quantitative estimate of drug-likeness (QED) is 0.555. The van der Waals surface area contributed by atoms with Gasteiger partial charge in [0.25, 0.3) is 0 Å². The van der Waals surface area contributed by atoms with Gasteiger partial charge in [0.15, 0.2) is 0 Å². The first-order valence-electron chi connectivity index (χ1n) is 3.97. The molecule has 0 aliphatic carbocycles. The number of halogens is 1. The molecule has 0 heterocycles. The summed E-state index contributed by atoms with van der Waals surface area (Å²) in [4.78, 5) is 9.92. The van der Waals surface area contributed by atoms with E-state index in [4.69, 9.17) is 11.6 Å². The fraction of sp³-hybridized carbons (Fsp3) is 0.333. The summed E-state index contributed by atoms with van der Waals surface area (Å²) in [5.74, 6) is -0.0627. The summed E-state index contributed by atoms with van der Waals surface area (Å²) >= 11 is 5.69. The van der Waals surface area contributed by atoms with E-state index in [1.165, 1.54) is 0 Å². The van der Waals surface area contributed by atoms with Crippen LogP contribution in [-0.2, 0) is 0 Å². The molecule has 70 valence electrons. The highest BCUT2D eigenvalue weighted by Crippen LogP contribution is 2.17. The van der Waals surface area contributed by atoms with Crippen molar-refractivity contribution >= 4 is 11.6 Å². The van der Waals surface area contributed by atoms with E-state index < -0.39 is 0 Å². The maximum Gasteiger partial charge on any atom is 0.210 e. The predicted octanol–water partition coefficient (Wildman–Crippen LogP) is 2.72. The molecule has 0 amide bonds. The van der Waals surface area contributed by atoms with Crippen LogP contribution in [0.1, 0.15) is 18.4 Å². The lowest BCUT2D eigenvalue weighted by Gasteiger charge is -2.06. The Labute approximate surface area is 81.5 Å². The lowest BCUT2D eigenvalue weighted by molar-refractivity contribution is -0.482. The van der Waals surface area contributed by atoms with Crippen LogP contribution < -0.4 is 0 Å². The molecule has 0 unspecified atom stereocenters. The fourth-order valence-electron chi connectivity index (χ4n) is 1.12. The SMILES string of the molecule is C[C@@H](C[N+](=O)[O-])c1ccc(Cl)cc1. The molecule has 0 aromatic heterocycles. The Hall–Kier alpha value is -1.09. The third-order valence-corrected chi connectivity index (χ3v) is 2.11. The average Bonchev–Trinajstić information content (AvgIpc) is 2.04. The number of nitro groups is 1. The molecule has 0 aliphatic heterocycles. The van der Waals surface area contributed by atoms with Gasteiger partial charge in [0.2, 0.25) is 6.54 Å². The van der Waals surface area contributed by atoms with Gasteiger partial charge in [0, 0.05) is 15.9 Å². The highest BCUT2D eigenvalue weighted by atomic mass is 35.5. The molecule has 1 aromatic carbocycles. The monoisotopic (exact) mass is 199 g/mol. The topological polar surface area (TPSA) is 43.1 Å². The maximum absolute atomic E-state index is 10.2. The van der Waals surface area contributed by atoms with Crippen LogP contribution in [0.15, 0.2) is 24.3 Å². The smallest absolute Gasteiger partial charge is 0.210 e. The van der Waals surface area contributed by atoms with E-state index >= 15 is 0 Å². The Morgan fingerprint density at radius 1 is 1.46 bits per heavy atom. The van der Waals surface area contributed by atoms with Crippen molar-refractivity contribution in [2.75, 3.05) is 6.54 Å². The van der Waals surface area contributed by atoms with Crippen molar-refractivity contribution in [3.63, 3.8) is 0 Å². The molecule has 0 aliphatic rings. The molecule has 0 saturated heterocycles. The molecule has 0 fully saturated rings. The standard InChI is InChI=1S/C9H10ClNO2/c1-7(6-11(12)13)8-2-4-9(10)5-3-8/h2-5,7H,6H2,1H3/t7-/m0/s1. The van der Waals surface area contributed by atoms with Gasteiger partial charge in [-0.1, -0.05) is 30.7 Å². The van der Waals surface area contributed by atoms with Crippen LogP contribution in [0.25, 0.3) is 0 Å². The van der Waals surface area contributed by atoms with E-state index in [1.54, 1.807) is 12.1 Å². The lowest BCUT2D eigenvalue weighted by Crippen LogP contribution is -2.09. The Morgan fingerprint density at radius 3 is 2.46 bits per heavy atom. The normalized spacial score (nSPS) is 12.5. The van der Waals surface area contributed by atoms with Crippen molar-refractivity contribution in [2.45, 2.75) is 12.8 Å². The second-order valence-corrected chi connectivity index (χ2v) is 3.40. The van der Waals surface area contributed by atoms with Gasteiger partial charge in [-0.15, -0.1) is 0 Å². The number of nitrogens with zero attached hydrogens (tertiary/aromatic N) is 1. The van der Waals surface area contributed by atoms with Crippen LogP contribution in [0.5, 0.6) is 0 Å². The largest absolute Gasteiger partial charge is 0.265 e. The Bertz CT molecular complexity index is 297. The zero-order valence-electron chi connectivity index (χ0n) is 7.24. The van der Waals surface area contributed by atoms with Gasteiger partial charge >= 0.3 is 0 Å². The first kappa shape index (κ1) is 9.99. The summed E-state index contributed by atoms with van der Waals surface area (Å²) in [6.45, 7) is 1.79. The minimum absolute atomic E-state index is 0.0400. The van der Waals surface area contributed by atoms with Crippen molar-refractivity contribution in [3.8, 4) is 0 Å². The molecule has 0 bridgehead atoms. The summed E-state index contributed by atoms with van der Waals surface area (Å²) in [6, 6.07) is 7.12. The average molecular weight is 200 g/mol. The Kier molecular flexibility index (Phi) is 3.25. The zero-order valence-corrected chi connectivity index (χ0v) is 7.99. The molecule has 13 heavy (non-hydrogen) atoms. The third-order valence-electron chi connectivity index (χ3n) is 1.86. The van der Waals surface area contributed by atoms with Gasteiger partial charge in [0.05, 0.1) is 0 Å². The highest BCUT2D eigenvalue weighted by molar-refractivity contribution is 6.30. The minimum Gasteiger partial charge on any atom is -0.265 e. The van der Waals surface area contributed by atoms with E-state index in [2.05, 4.69) is 0 Å². The number of rotatable bonds is 3. The summed E-state index contributed by atoms with van der Waals surface area (Å²) in [6.07, 6.45) is 0. The van der Waals surface area contributed by atoms with E-state index in [9.17, 15) is 10.1 Å². The van der Waals surface area contributed by atoms with E-state index in [0.29, 0.717) is 5.02 Å². The highest BCUT2D eigenvalue weighted by Gasteiger charge is 2.11. The van der Waals surface area contributed by atoms with E-state index in [1.807, 2.05) is 19.1 Å². The van der Waals surface area contributed by atoms with Crippen molar-refractivity contribution in [1.29, 1.82) is 0 Å². The number of hydrogen-bond acceptors (Lipinski definition) is 2. The molecule has 0 saturated carbocycles. The summed E-state index contributed by atoms with van der Waals surface area (Å²) in [5.41, 5.74) is 0.945. The Morgan fingerprint density at radius 2 is 2.00 bits per heavy atom. The predicted molar refractivity (Wildman–Crippen MR) is 51.7 cm³/mol. The van der Waals surface area contributed by atoms with Gasteiger partial charge in [-0.05, 0) is 17.7 Å². The molecule has 1 aromatic rings. The molecule has 1 atom stereocenters. The van der Waals surface area contributed by atoms with E-state index in [0.717, 1.165) is 5.56 Å². The second-order valence-electron chi connectivity index (χ2n) is 2.97. The fourth-order valence-corrected chi connectivity index (χ4v) is 1.25. The molecule has 1 rings (SSSR count). The summed E-state index contributed by atoms with van der Waals surface area (Å²) < 4.78 is 0. The van der Waals surface area contributed by atoms with Crippen LogP contribution >= 0.6 is 11.6 Å². The number of benzene rings is 1. The second kappa shape index (κ2) is 4.23. The van der Waals surface area contributed by atoms with Gasteiger partial charge in [-0.3, -0.25) is 10.1 Å². The summed E-state index contributed by atoms with van der Waals surface area (Å²) in [7, 11) is 0. The zero-order chi connectivity index (χ0) is 9.84. The van der Waals surface area contributed by atoms with Gasteiger partial charge in [-0.2, -0.15) is 0 Å². The first-order chi connectivity index (χ1) is 6.09. The van der Waals surface area contributed by atoms with Crippen LogP contribution in [-0.4, -0.2) is 11.5 Å². The van der Waals surface area contributed by atoms with Gasteiger partial charge in [-0.25, -0.2) is 0 Å². The maximum atomic E-state index is 10.2. The first-order valence-corrected chi connectivity index (χ1v) is 4.34. The van der Waals surface area contributed by atoms with E-state index in [-0.39, 0.29) is 17.4 Å². The molecule has 3 nitrogen and oxygen atoms in total. The number of hydrogen-bond donors (Lipinski definition) is 0. The van der Waals surface area contributed by atoms with Crippen molar-refractivity contribution in [3.05, 3.63) is 45.0 Å². The molecule has 0 spiro atoms.